The van der Waals surface area contributed by atoms with Crippen LogP contribution in [-0.4, -0.2) is 13.2 Å². The van der Waals surface area contributed by atoms with E-state index in [1.54, 1.807) is 0 Å². The van der Waals surface area contributed by atoms with Gasteiger partial charge in [-0.05, 0) is 19.3 Å². The first kappa shape index (κ1) is 15.7. The second kappa shape index (κ2) is 12.8. The highest BCUT2D eigenvalue weighted by Crippen LogP contribution is 2.09. The Labute approximate surface area is 102 Å². The molecule has 0 radical (unpaired) electrons. The standard InChI is InChI=1S/C15H30O/c1-4-6-8-10-12-14-15(16-3)13-11-9-7-5-2/h12,14-15H,4-11,13H2,1-3H3/b14-12+. The molecule has 0 heterocycles. The normalized spacial score (nSPS) is 13.4. The summed E-state index contributed by atoms with van der Waals surface area (Å²) in [7, 11) is 1.82. The van der Waals surface area contributed by atoms with Crippen LogP contribution in [0.4, 0.5) is 0 Å². The van der Waals surface area contributed by atoms with Gasteiger partial charge in [-0.2, -0.15) is 0 Å². The molecule has 0 amide bonds. The fourth-order valence-corrected chi connectivity index (χ4v) is 1.83. The molecule has 0 spiro atoms. The molecule has 0 aliphatic carbocycles. The largest absolute Gasteiger partial charge is 0.377 e. The van der Waals surface area contributed by atoms with Crippen molar-refractivity contribution in [3.8, 4) is 0 Å². The molecule has 0 aromatic carbocycles. The highest BCUT2D eigenvalue weighted by Gasteiger charge is 2.01. The molecule has 1 nitrogen and oxygen atoms in total. The van der Waals surface area contributed by atoms with Crippen molar-refractivity contribution in [2.45, 2.75) is 77.7 Å². The Bertz CT molecular complexity index is 152. The van der Waals surface area contributed by atoms with Crippen molar-refractivity contribution >= 4 is 0 Å². The summed E-state index contributed by atoms with van der Waals surface area (Å²) in [6.45, 7) is 4.50. The van der Waals surface area contributed by atoms with E-state index in [0.29, 0.717) is 6.10 Å². The van der Waals surface area contributed by atoms with Crippen molar-refractivity contribution < 1.29 is 4.74 Å². The van der Waals surface area contributed by atoms with Crippen LogP contribution < -0.4 is 0 Å². The van der Waals surface area contributed by atoms with Crippen molar-refractivity contribution in [3.63, 3.8) is 0 Å². The number of hydrogen-bond acceptors (Lipinski definition) is 1. The Morgan fingerprint density at radius 3 is 2.25 bits per heavy atom. The van der Waals surface area contributed by atoms with E-state index in [2.05, 4.69) is 26.0 Å². The van der Waals surface area contributed by atoms with Gasteiger partial charge in [0.1, 0.15) is 0 Å². The van der Waals surface area contributed by atoms with E-state index in [-0.39, 0.29) is 0 Å². The van der Waals surface area contributed by atoms with Gasteiger partial charge in [0.2, 0.25) is 0 Å². The quantitative estimate of drug-likeness (QED) is 0.351. The SMILES string of the molecule is CCCCC/C=C/C(CCCCCC)OC. The van der Waals surface area contributed by atoms with Gasteiger partial charge in [-0.3, -0.25) is 0 Å². The van der Waals surface area contributed by atoms with Crippen LogP contribution >= 0.6 is 0 Å². The second-order valence-electron chi connectivity index (χ2n) is 4.55. The maximum Gasteiger partial charge on any atom is 0.0752 e. The summed E-state index contributed by atoms with van der Waals surface area (Å²) in [6, 6.07) is 0. The minimum Gasteiger partial charge on any atom is -0.377 e. The van der Waals surface area contributed by atoms with Gasteiger partial charge in [-0.1, -0.05) is 64.5 Å². The van der Waals surface area contributed by atoms with E-state index in [1.807, 2.05) is 7.11 Å². The van der Waals surface area contributed by atoms with Crippen molar-refractivity contribution in [2.24, 2.45) is 0 Å². The predicted octanol–water partition coefficient (Wildman–Crippen LogP) is 5.11. The Morgan fingerprint density at radius 1 is 0.938 bits per heavy atom. The summed E-state index contributed by atoms with van der Waals surface area (Å²) in [4.78, 5) is 0. The smallest absolute Gasteiger partial charge is 0.0752 e. The van der Waals surface area contributed by atoms with E-state index in [0.717, 1.165) is 0 Å². The molecule has 0 N–H and O–H groups in total. The molecule has 16 heavy (non-hydrogen) atoms. The molecular weight excluding hydrogens is 196 g/mol. The number of unbranched alkanes of at least 4 members (excludes halogenated alkanes) is 6. The maximum atomic E-state index is 5.45. The lowest BCUT2D eigenvalue weighted by Crippen LogP contribution is -2.06. The molecule has 0 aromatic rings. The molecule has 1 unspecified atom stereocenters. The van der Waals surface area contributed by atoms with E-state index >= 15 is 0 Å². The summed E-state index contributed by atoms with van der Waals surface area (Å²) < 4.78 is 5.45. The first-order valence-electron chi connectivity index (χ1n) is 7.04. The predicted molar refractivity (Wildman–Crippen MR) is 72.8 cm³/mol. The van der Waals surface area contributed by atoms with Gasteiger partial charge < -0.3 is 4.74 Å². The third-order valence-corrected chi connectivity index (χ3v) is 2.97. The molecule has 1 heteroatoms. The first-order valence-corrected chi connectivity index (χ1v) is 7.04. The van der Waals surface area contributed by atoms with Gasteiger partial charge in [0.05, 0.1) is 6.10 Å². The third-order valence-electron chi connectivity index (χ3n) is 2.97. The monoisotopic (exact) mass is 226 g/mol. The number of ether oxygens (including phenoxy) is 1. The molecule has 0 saturated heterocycles. The van der Waals surface area contributed by atoms with Crippen LogP contribution in [-0.2, 0) is 4.74 Å². The molecular formula is C15H30O. The van der Waals surface area contributed by atoms with E-state index in [1.165, 1.54) is 57.8 Å². The van der Waals surface area contributed by atoms with Crippen LogP contribution in [0.25, 0.3) is 0 Å². The molecule has 0 aliphatic heterocycles. The van der Waals surface area contributed by atoms with Crippen molar-refractivity contribution in [1.29, 1.82) is 0 Å². The lowest BCUT2D eigenvalue weighted by atomic mass is 10.1. The minimum atomic E-state index is 0.346. The Morgan fingerprint density at radius 2 is 1.62 bits per heavy atom. The number of rotatable bonds is 11. The Hall–Kier alpha value is -0.300. The fraction of sp³-hybridized carbons (Fsp3) is 0.867. The average Bonchev–Trinajstić information content (AvgIpc) is 2.31. The number of allylic oxidation sites excluding steroid dienone is 1. The van der Waals surface area contributed by atoms with Crippen molar-refractivity contribution in [2.75, 3.05) is 7.11 Å². The van der Waals surface area contributed by atoms with Gasteiger partial charge >= 0.3 is 0 Å². The van der Waals surface area contributed by atoms with Crippen LogP contribution in [0.2, 0.25) is 0 Å². The first-order chi connectivity index (χ1) is 7.85. The summed E-state index contributed by atoms with van der Waals surface area (Å²) >= 11 is 0. The molecule has 0 saturated carbocycles. The van der Waals surface area contributed by atoms with E-state index in [9.17, 15) is 0 Å². The zero-order chi connectivity index (χ0) is 12.1. The Balaban J connectivity index is 3.49. The van der Waals surface area contributed by atoms with Crippen molar-refractivity contribution in [3.05, 3.63) is 12.2 Å². The second-order valence-corrected chi connectivity index (χ2v) is 4.55. The van der Waals surface area contributed by atoms with Gasteiger partial charge in [0.25, 0.3) is 0 Å². The molecule has 1 atom stereocenters. The average molecular weight is 226 g/mol. The molecule has 96 valence electrons. The van der Waals surface area contributed by atoms with Crippen LogP contribution in [0, 0.1) is 0 Å². The van der Waals surface area contributed by atoms with Gasteiger partial charge in [-0.15, -0.1) is 0 Å². The van der Waals surface area contributed by atoms with Crippen LogP contribution in [0.15, 0.2) is 12.2 Å². The van der Waals surface area contributed by atoms with Crippen LogP contribution in [0.5, 0.6) is 0 Å². The minimum absolute atomic E-state index is 0.346. The molecule has 0 rings (SSSR count). The maximum absolute atomic E-state index is 5.45. The number of hydrogen-bond donors (Lipinski definition) is 0. The fourth-order valence-electron chi connectivity index (χ4n) is 1.83. The van der Waals surface area contributed by atoms with Gasteiger partial charge in [0, 0.05) is 7.11 Å². The zero-order valence-corrected chi connectivity index (χ0v) is 11.5. The molecule has 0 aliphatic rings. The van der Waals surface area contributed by atoms with E-state index in [4.69, 9.17) is 4.74 Å². The highest BCUT2D eigenvalue weighted by atomic mass is 16.5. The van der Waals surface area contributed by atoms with Crippen LogP contribution in [0.1, 0.15) is 71.6 Å². The highest BCUT2D eigenvalue weighted by molar-refractivity contribution is 4.89. The zero-order valence-electron chi connectivity index (χ0n) is 11.5. The third kappa shape index (κ3) is 10.2. The summed E-state index contributed by atoms with van der Waals surface area (Å²) in [6.07, 6.45) is 16.6. The van der Waals surface area contributed by atoms with E-state index < -0.39 is 0 Å². The Kier molecular flexibility index (Phi) is 12.5. The molecule has 0 fully saturated rings. The topological polar surface area (TPSA) is 9.23 Å². The van der Waals surface area contributed by atoms with Crippen molar-refractivity contribution in [1.82, 2.24) is 0 Å². The number of methoxy groups -OCH3 is 1. The summed E-state index contributed by atoms with van der Waals surface area (Å²) in [5.41, 5.74) is 0. The molecule has 0 bridgehead atoms. The van der Waals surface area contributed by atoms with Gasteiger partial charge in [-0.25, -0.2) is 0 Å². The van der Waals surface area contributed by atoms with Crippen LogP contribution in [0.3, 0.4) is 0 Å². The van der Waals surface area contributed by atoms with Gasteiger partial charge in [0.15, 0.2) is 0 Å². The molecule has 0 aromatic heterocycles. The lowest BCUT2D eigenvalue weighted by Gasteiger charge is -2.10. The lowest BCUT2D eigenvalue weighted by molar-refractivity contribution is 0.130. The summed E-state index contributed by atoms with van der Waals surface area (Å²) in [5.74, 6) is 0. The summed E-state index contributed by atoms with van der Waals surface area (Å²) in [5, 5.41) is 0.